The van der Waals surface area contributed by atoms with E-state index in [1.807, 2.05) is 6.92 Å². The van der Waals surface area contributed by atoms with Gasteiger partial charge in [0.2, 0.25) is 0 Å². The first-order valence-electron chi connectivity index (χ1n) is 5.45. The summed E-state index contributed by atoms with van der Waals surface area (Å²) >= 11 is 0. The number of esters is 1. The number of hydrogen-bond acceptors (Lipinski definition) is 2. The third-order valence-corrected chi connectivity index (χ3v) is 3.25. The number of ether oxygens (including phenoxy) is 1. The van der Waals surface area contributed by atoms with Crippen LogP contribution in [0.3, 0.4) is 0 Å². The zero-order valence-corrected chi connectivity index (χ0v) is 9.21. The van der Waals surface area contributed by atoms with Crippen LogP contribution in [0.2, 0.25) is 0 Å². The van der Waals surface area contributed by atoms with Crippen molar-refractivity contribution in [1.82, 2.24) is 0 Å². The molecule has 1 rings (SSSR count). The molecular formula is C12H20O2. The summed E-state index contributed by atoms with van der Waals surface area (Å²) in [7, 11) is 0. The van der Waals surface area contributed by atoms with Gasteiger partial charge in [0.1, 0.15) is 5.60 Å². The van der Waals surface area contributed by atoms with E-state index in [1.165, 1.54) is 25.3 Å². The monoisotopic (exact) mass is 196 g/mol. The Labute approximate surface area is 86.3 Å². The molecule has 14 heavy (non-hydrogen) atoms. The van der Waals surface area contributed by atoms with Crippen molar-refractivity contribution in [2.75, 3.05) is 0 Å². The Hall–Kier alpha value is -0.790. The number of carbonyl (C=O) groups excluding carboxylic acids is 1. The van der Waals surface area contributed by atoms with Gasteiger partial charge < -0.3 is 4.74 Å². The average molecular weight is 196 g/mol. The lowest BCUT2D eigenvalue weighted by molar-refractivity contribution is -0.155. The normalized spacial score (nSPS) is 32.3. The van der Waals surface area contributed by atoms with E-state index >= 15 is 0 Å². The SMILES string of the molecule is C=CC(=O)OC1(C)CCC(CC)CC1. The van der Waals surface area contributed by atoms with Gasteiger partial charge in [-0.25, -0.2) is 4.79 Å². The molecule has 2 heteroatoms. The lowest BCUT2D eigenvalue weighted by Gasteiger charge is -2.36. The zero-order valence-electron chi connectivity index (χ0n) is 9.21. The van der Waals surface area contributed by atoms with Crippen LogP contribution >= 0.6 is 0 Å². The highest BCUT2D eigenvalue weighted by Gasteiger charge is 2.33. The van der Waals surface area contributed by atoms with E-state index in [0.29, 0.717) is 0 Å². The fourth-order valence-corrected chi connectivity index (χ4v) is 2.08. The second-order valence-electron chi connectivity index (χ2n) is 4.43. The Morgan fingerprint density at radius 3 is 2.57 bits per heavy atom. The van der Waals surface area contributed by atoms with Crippen LogP contribution in [0.1, 0.15) is 46.0 Å². The van der Waals surface area contributed by atoms with Gasteiger partial charge in [-0.1, -0.05) is 19.9 Å². The van der Waals surface area contributed by atoms with Crippen LogP contribution in [-0.4, -0.2) is 11.6 Å². The molecule has 0 spiro atoms. The van der Waals surface area contributed by atoms with Gasteiger partial charge in [-0.15, -0.1) is 0 Å². The summed E-state index contributed by atoms with van der Waals surface area (Å²) in [4.78, 5) is 11.1. The molecular weight excluding hydrogens is 176 g/mol. The Balaban J connectivity index is 2.44. The molecule has 0 bridgehead atoms. The molecule has 1 fully saturated rings. The van der Waals surface area contributed by atoms with E-state index in [1.54, 1.807) is 0 Å². The van der Waals surface area contributed by atoms with Crippen molar-refractivity contribution in [2.45, 2.75) is 51.6 Å². The minimum Gasteiger partial charge on any atom is -0.456 e. The maximum atomic E-state index is 11.1. The average Bonchev–Trinajstić information content (AvgIpc) is 2.18. The summed E-state index contributed by atoms with van der Waals surface area (Å²) in [5, 5.41) is 0. The highest BCUT2D eigenvalue weighted by Crippen LogP contribution is 2.35. The standard InChI is InChI=1S/C12H20O2/c1-4-10-6-8-12(3,9-7-10)14-11(13)5-2/h5,10H,2,4,6-9H2,1,3H3. The molecule has 1 saturated carbocycles. The molecule has 0 unspecified atom stereocenters. The van der Waals surface area contributed by atoms with Crippen LogP contribution in [-0.2, 0) is 9.53 Å². The topological polar surface area (TPSA) is 26.3 Å². The lowest BCUT2D eigenvalue weighted by atomic mass is 9.79. The Morgan fingerprint density at radius 1 is 1.57 bits per heavy atom. The molecule has 0 N–H and O–H groups in total. The third kappa shape index (κ3) is 2.86. The number of hydrogen-bond donors (Lipinski definition) is 0. The van der Waals surface area contributed by atoms with Gasteiger partial charge in [0.25, 0.3) is 0 Å². The molecule has 0 saturated heterocycles. The van der Waals surface area contributed by atoms with Crippen LogP contribution in [0.5, 0.6) is 0 Å². The van der Waals surface area contributed by atoms with E-state index in [-0.39, 0.29) is 11.6 Å². The van der Waals surface area contributed by atoms with Crippen molar-refractivity contribution >= 4 is 5.97 Å². The van der Waals surface area contributed by atoms with Crippen LogP contribution in [0, 0.1) is 5.92 Å². The van der Waals surface area contributed by atoms with Crippen molar-refractivity contribution in [3.8, 4) is 0 Å². The summed E-state index contributed by atoms with van der Waals surface area (Å²) in [6, 6.07) is 0. The quantitative estimate of drug-likeness (QED) is 0.512. The summed E-state index contributed by atoms with van der Waals surface area (Å²) in [5.74, 6) is 0.535. The Kier molecular flexibility index (Phi) is 3.73. The van der Waals surface area contributed by atoms with Crippen molar-refractivity contribution in [1.29, 1.82) is 0 Å². The first kappa shape index (κ1) is 11.3. The molecule has 0 heterocycles. The maximum absolute atomic E-state index is 11.1. The predicted octanol–water partition coefficient (Wildman–Crippen LogP) is 3.07. The fourth-order valence-electron chi connectivity index (χ4n) is 2.08. The molecule has 0 aromatic heterocycles. The van der Waals surface area contributed by atoms with Crippen molar-refractivity contribution in [3.63, 3.8) is 0 Å². The smallest absolute Gasteiger partial charge is 0.330 e. The molecule has 2 nitrogen and oxygen atoms in total. The number of rotatable bonds is 3. The second-order valence-corrected chi connectivity index (χ2v) is 4.43. The molecule has 0 amide bonds. The van der Waals surface area contributed by atoms with Crippen molar-refractivity contribution < 1.29 is 9.53 Å². The minimum atomic E-state index is -0.289. The minimum absolute atomic E-state index is 0.239. The van der Waals surface area contributed by atoms with Crippen molar-refractivity contribution in [3.05, 3.63) is 12.7 Å². The second kappa shape index (κ2) is 4.63. The Morgan fingerprint density at radius 2 is 2.14 bits per heavy atom. The lowest BCUT2D eigenvalue weighted by Crippen LogP contribution is -2.35. The van der Waals surface area contributed by atoms with Gasteiger partial charge in [-0.2, -0.15) is 0 Å². The third-order valence-electron chi connectivity index (χ3n) is 3.25. The van der Waals surface area contributed by atoms with Gasteiger partial charge in [0, 0.05) is 6.08 Å². The van der Waals surface area contributed by atoms with E-state index < -0.39 is 0 Å². The predicted molar refractivity (Wildman–Crippen MR) is 56.9 cm³/mol. The summed E-state index contributed by atoms with van der Waals surface area (Å²) in [5.41, 5.74) is -0.239. The van der Waals surface area contributed by atoms with E-state index in [0.717, 1.165) is 18.8 Å². The molecule has 1 aliphatic carbocycles. The molecule has 0 aliphatic heterocycles. The highest BCUT2D eigenvalue weighted by molar-refractivity contribution is 5.81. The van der Waals surface area contributed by atoms with Crippen LogP contribution in [0.15, 0.2) is 12.7 Å². The van der Waals surface area contributed by atoms with Crippen molar-refractivity contribution in [2.24, 2.45) is 5.92 Å². The summed E-state index contributed by atoms with van der Waals surface area (Å²) < 4.78 is 5.36. The molecule has 1 aliphatic rings. The summed E-state index contributed by atoms with van der Waals surface area (Å²) in [6.45, 7) is 7.67. The molecule has 0 aromatic carbocycles. The van der Waals surface area contributed by atoms with Crippen LogP contribution in [0.4, 0.5) is 0 Å². The largest absolute Gasteiger partial charge is 0.456 e. The van der Waals surface area contributed by atoms with Crippen LogP contribution in [0.25, 0.3) is 0 Å². The van der Waals surface area contributed by atoms with E-state index in [2.05, 4.69) is 13.5 Å². The van der Waals surface area contributed by atoms with Gasteiger partial charge in [0.15, 0.2) is 0 Å². The van der Waals surface area contributed by atoms with Gasteiger partial charge in [-0.05, 0) is 38.5 Å². The first-order chi connectivity index (χ1) is 6.59. The molecule has 0 aromatic rings. The maximum Gasteiger partial charge on any atom is 0.330 e. The van der Waals surface area contributed by atoms with E-state index in [4.69, 9.17) is 4.74 Å². The van der Waals surface area contributed by atoms with Gasteiger partial charge >= 0.3 is 5.97 Å². The number of carbonyl (C=O) groups is 1. The van der Waals surface area contributed by atoms with Gasteiger partial charge in [-0.3, -0.25) is 0 Å². The van der Waals surface area contributed by atoms with E-state index in [9.17, 15) is 4.79 Å². The Bertz CT molecular complexity index is 212. The fraction of sp³-hybridized carbons (Fsp3) is 0.750. The first-order valence-corrected chi connectivity index (χ1v) is 5.45. The molecule has 0 radical (unpaired) electrons. The zero-order chi connectivity index (χ0) is 10.6. The highest BCUT2D eigenvalue weighted by atomic mass is 16.6. The molecule has 0 atom stereocenters. The molecule has 80 valence electrons. The van der Waals surface area contributed by atoms with Gasteiger partial charge in [0.05, 0.1) is 0 Å². The summed E-state index contributed by atoms with van der Waals surface area (Å²) in [6.07, 6.45) is 6.83. The van der Waals surface area contributed by atoms with Crippen LogP contribution < -0.4 is 0 Å².